The van der Waals surface area contributed by atoms with Gasteiger partial charge >= 0.3 is 0 Å². The predicted octanol–water partition coefficient (Wildman–Crippen LogP) is 1.48. The Morgan fingerprint density at radius 1 is 1.50 bits per heavy atom. The first-order chi connectivity index (χ1) is 8.13. The lowest BCUT2D eigenvalue weighted by Crippen LogP contribution is -2.34. The fourth-order valence-electron chi connectivity index (χ4n) is 1.28. The lowest BCUT2D eigenvalue weighted by molar-refractivity contribution is -0.121. The zero-order chi connectivity index (χ0) is 12.7. The molecule has 3 N–H and O–H groups in total. The molecule has 1 amide bonds. The van der Waals surface area contributed by atoms with Crippen molar-refractivity contribution in [3.8, 4) is 5.75 Å². The Kier molecular flexibility index (Phi) is 8.07. The number of hydrogen-bond donors (Lipinski definition) is 2. The Balaban J connectivity index is 0.00000289. The minimum Gasteiger partial charge on any atom is -0.486 e. The van der Waals surface area contributed by atoms with Crippen LogP contribution in [0.1, 0.15) is 13.3 Å². The van der Waals surface area contributed by atoms with Crippen molar-refractivity contribution in [2.45, 2.75) is 19.4 Å². The zero-order valence-electron chi connectivity index (χ0n) is 10.2. The van der Waals surface area contributed by atoms with Crippen LogP contribution in [0, 0.1) is 5.82 Å². The molecule has 0 aliphatic heterocycles. The van der Waals surface area contributed by atoms with Crippen molar-refractivity contribution in [2.24, 2.45) is 5.73 Å². The molecule has 0 spiro atoms. The first-order valence-electron chi connectivity index (χ1n) is 5.51. The third kappa shape index (κ3) is 5.84. The van der Waals surface area contributed by atoms with E-state index >= 15 is 0 Å². The lowest BCUT2D eigenvalue weighted by Gasteiger charge is -2.15. The van der Waals surface area contributed by atoms with Gasteiger partial charge in [-0.05, 0) is 19.1 Å². The first kappa shape index (κ1) is 16.7. The van der Waals surface area contributed by atoms with Crippen LogP contribution in [0.15, 0.2) is 24.3 Å². The zero-order valence-corrected chi connectivity index (χ0v) is 11.0. The van der Waals surface area contributed by atoms with Crippen LogP contribution >= 0.6 is 12.4 Å². The second-order valence-electron chi connectivity index (χ2n) is 3.70. The monoisotopic (exact) mass is 276 g/mol. The number of carbonyl (C=O) groups excluding carboxylic acids is 1. The molecule has 0 saturated heterocycles. The molecule has 1 rings (SSSR count). The van der Waals surface area contributed by atoms with E-state index in [1.807, 2.05) is 0 Å². The van der Waals surface area contributed by atoms with Gasteiger partial charge in [-0.2, -0.15) is 0 Å². The molecule has 1 aromatic rings. The molecule has 0 aromatic heterocycles. The van der Waals surface area contributed by atoms with E-state index in [2.05, 4.69) is 5.32 Å². The molecule has 0 heterocycles. The van der Waals surface area contributed by atoms with E-state index in [-0.39, 0.29) is 36.6 Å². The number of benzene rings is 1. The fraction of sp³-hybridized carbons (Fsp3) is 0.417. The summed E-state index contributed by atoms with van der Waals surface area (Å²) >= 11 is 0. The fourth-order valence-corrected chi connectivity index (χ4v) is 1.28. The Labute approximate surface area is 112 Å². The molecule has 4 nitrogen and oxygen atoms in total. The summed E-state index contributed by atoms with van der Waals surface area (Å²) in [5, 5.41) is 2.66. The van der Waals surface area contributed by atoms with Crippen molar-refractivity contribution in [1.82, 2.24) is 5.32 Å². The third-order valence-electron chi connectivity index (χ3n) is 2.12. The van der Waals surface area contributed by atoms with Crippen LogP contribution in [0.5, 0.6) is 5.75 Å². The van der Waals surface area contributed by atoms with Gasteiger partial charge in [0.1, 0.15) is 6.10 Å². The molecule has 0 aliphatic carbocycles. The molecule has 6 heteroatoms. The molecule has 0 saturated carbocycles. The highest BCUT2D eigenvalue weighted by Gasteiger charge is 2.09. The van der Waals surface area contributed by atoms with Crippen LogP contribution in [0.2, 0.25) is 0 Å². The van der Waals surface area contributed by atoms with Gasteiger partial charge in [-0.15, -0.1) is 12.4 Å². The van der Waals surface area contributed by atoms with Gasteiger partial charge in [0.15, 0.2) is 11.6 Å². The summed E-state index contributed by atoms with van der Waals surface area (Å²) in [6, 6.07) is 6.16. The average Bonchev–Trinajstić information content (AvgIpc) is 2.30. The number of amides is 1. The summed E-state index contributed by atoms with van der Waals surface area (Å²) in [4.78, 5) is 11.1. The Hall–Kier alpha value is -1.33. The molecule has 1 atom stereocenters. The van der Waals surface area contributed by atoms with Crippen LogP contribution in [0.25, 0.3) is 0 Å². The molecule has 0 aliphatic rings. The summed E-state index contributed by atoms with van der Waals surface area (Å²) in [6.07, 6.45) is -0.0134. The topological polar surface area (TPSA) is 64.4 Å². The highest BCUT2D eigenvalue weighted by atomic mass is 35.5. The maximum atomic E-state index is 13.2. The lowest BCUT2D eigenvalue weighted by atomic mass is 10.3. The average molecular weight is 277 g/mol. The van der Waals surface area contributed by atoms with Gasteiger partial charge in [-0.25, -0.2) is 4.39 Å². The highest BCUT2D eigenvalue weighted by molar-refractivity contribution is 5.85. The van der Waals surface area contributed by atoms with Gasteiger partial charge in [0.05, 0.1) is 6.54 Å². The third-order valence-corrected chi connectivity index (χ3v) is 2.12. The normalized spacial score (nSPS) is 11.3. The van der Waals surface area contributed by atoms with Crippen LogP contribution in [0.3, 0.4) is 0 Å². The molecule has 1 aromatic carbocycles. The Bertz CT molecular complexity index is 377. The molecule has 0 radical (unpaired) electrons. The number of carbonyl (C=O) groups is 1. The van der Waals surface area contributed by atoms with E-state index in [0.29, 0.717) is 13.1 Å². The minimum absolute atomic E-state index is 0. The maximum Gasteiger partial charge on any atom is 0.221 e. The molecule has 102 valence electrons. The number of nitrogens with two attached hydrogens (primary N) is 1. The second kappa shape index (κ2) is 8.72. The van der Waals surface area contributed by atoms with Crippen molar-refractivity contribution < 1.29 is 13.9 Å². The van der Waals surface area contributed by atoms with Crippen LogP contribution in [-0.2, 0) is 4.79 Å². The smallest absolute Gasteiger partial charge is 0.221 e. The number of nitrogens with one attached hydrogen (secondary N) is 1. The Morgan fingerprint density at radius 2 is 2.17 bits per heavy atom. The van der Waals surface area contributed by atoms with Crippen LogP contribution < -0.4 is 15.8 Å². The SMILES string of the molecule is CC(CNC(=O)CCN)Oc1ccccc1F.Cl. The number of ether oxygens (including phenoxy) is 1. The van der Waals surface area contributed by atoms with Crippen molar-refractivity contribution >= 4 is 18.3 Å². The largest absolute Gasteiger partial charge is 0.486 e. The van der Waals surface area contributed by atoms with Crippen LogP contribution in [-0.4, -0.2) is 25.1 Å². The summed E-state index contributed by atoms with van der Waals surface area (Å²) in [6.45, 7) is 2.40. The summed E-state index contributed by atoms with van der Waals surface area (Å²) in [7, 11) is 0. The van der Waals surface area contributed by atoms with Crippen LogP contribution in [0.4, 0.5) is 4.39 Å². The molecular formula is C12H18ClFN2O2. The molecule has 0 bridgehead atoms. The van der Waals surface area contributed by atoms with Crippen molar-refractivity contribution in [1.29, 1.82) is 0 Å². The Morgan fingerprint density at radius 3 is 2.78 bits per heavy atom. The van der Waals surface area contributed by atoms with E-state index in [9.17, 15) is 9.18 Å². The van der Waals surface area contributed by atoms with E-state index < -0.39 is 5.82 Å². The van der Waals surface area contributed by atoms with Crippen molar-refractivity contribution in [3.05, 3.63) is 30.1 Å². The number of rotatable bonds is 6. The quantitative estimate of drug-likeness (QED) is 0.827. The summed E-state index contributed by atoms with van der Waals surface area (Å²) in [5.74, 6) is -0.350. The number of para-hydroxylation sites is 1. The number of halogens is 2. The minimum atomic E-state index is -0.410. The van der Waals surface area contributed by atoms with Gasteiger partial charge < -0.3 is 15.8 Å². The van der Waals surface area contributed by atoms with Crippen molar-refractivity contribution in [2.75, 3.05) is 13.1 Å². The van der Waals surface area contributed by atoms with Crippen molar-refractivity contribution in [3.63, 3.8) is 0 Å². The van der Waals surface area contributed by atoms with E-state index in [4.69, 9.17) is 10.5 Å². The van der Waals surface area contributed by atoms with E-state index in [1.165, 1.54) is 6.07 Å². The molecule has 1 unspecified atom stereocenters. The van der Waals surface area contributed by atoms with Gasteiger partial charge in [0.2, 0.25) is 5.91 Å². The molecular weight excluding hydrogens is 259 g/mol. The first-order valence-corrected chi connectivity index (χ1v) is 5.51. The van der Waals surface area contributed by atoms with Gasteiger partial charge in [-0.3, -0.25) is 4.79 Å². The van der Waals surface area contributed by atoms with E-state index in [1.54, 1.807) is 25.1 Å². The summed E-state index contributed by atoms with van der Waals surface area (Å²) in [5.41, 5.74) is 5.24. The van der Waals surface area contributed by atoms with Gasteiger partial charge in [-0.1, -0.05) is 12.1 Å². The standard InChI is InChI=1S/C12H17FN2O2.ClH/c1-9(8-15-12(16)6-7-14)17-11-5-3-2-4-10(11)13;/h2-5,9H,6-8,14H2,1H3,(H,15,16);1H. The maximum absolute atomic E-state index is 13.2. The highest BCUT2D eigenvalue weighted by Crippen LogP contribution is 2.16. The van der Waals surface area contributed by atoms with Gasteiger partial charge in [0, 0.05) is 13.0 Å². The molecule has 18 heavy (non-hydrogen) atoms. The summed E-state index contributed by atoms with van der Waals surface area (Å²) < 4.78 is 18.6. The number of hydrogen-bond acceptors (Lipinski definition) is 3. The molecule has 0 fully saturated rings. The predicted molar refractivity (Wildman–Crippen MR) is 70.4 cm³/mol. The second-order valence-corrected chi connectivity index (χ2v) is 3.70. The van der Waals surface area contributed by atoms with E-state index in [0.717, 1.165) is 0 Å². The van der Waals surface area contributed by atoms with Gasteiger partial charge in [0.25, 0.3) is 0 Å².